The first-order valence-corrected chi connectivity index (χ1v) is 12.0. The lowest BCUT2D eigenvalue weighted by molar-refractivity contribution is -0.115. The van der Waals surface area contributed by atoms with E-state index in [0.717, 1.165) is 44.8 Å². The number of pyridine rings is 1. The number of hydrogen-bond acceptors (Lipinski definition) is 6. The number of ether oxygens (including phenoxy) is 2. The number of fused-ring (bicyclic) bond motifs is 1. The molecular formula is C24H24N2O3S2. The molecule has 0 fully saturated rings. The van der Waals surface area contributed by atoms with Crippen molar-refractivity contribution in [3.8, 4) is 11.5 Å². The zero-order valence-electron chi connectivity index (χ0n) is 17.2. The van der Waals surface area contributed by atoms with Gasteiger partial charge < -0.3 is 14.8 Å². The fourth-order valence-corrected chi connectivity index (χ4v) is 4.75. The van der Waals surface area contributed by atoms with E-state index in [1.807, 2.05) is 61.5 Å². The van der Waals surface area contributed by atoms with Gasteiger partial charge in [-0.2, -0.15) is 0 Å². The Morgan fingerprint density at radius 1 is 1.06 bits per heavy atom. The van der Waals surface area contributed by atoms with Crippen molar-refractivity contribution in [3.63, 3.8) is 0 Å². The Morgan fingerprint density at radius 2 is 1.94 bits per heavy atom. The first-order valence-electron chi connectivity index (χ1n) is 10.2. The van der Waals surface area contributed by atoms with Gasteiger partial charge in [0, 0.05) is 29.0 Å². The molecule has 0 bridgehead atoms. The Balaban J connectivity index is 1.34. The van der Waals surface area contributed by atoms with E-state index in [2.05, 4.69) is 16.4 Å². The van der Waals surface area contributed by atoms with Crippen molar-refractivity contribution < 1.29 is 14.3 Å². The third-order valence-electron chi connectivity index (χ3n) is 4.62. The number of anilines is 1. The molecule has 1 aliphatic heterocycles. The van der Waals surface area contributed by atoms with Gasteiger partial charge in [-0.15, -0.1) is 23.5 Å². The molecule has 1 aromatic heterocycles. The Bertz CT molecular complexity index is 1030. The number of benzene rings is 2. The quantitative estimate of drug-likeness (QED) is 0.467. The second-order valence-corrected chi connectivity index (χ2v) is 9.48. The second-order valence-electron chi connectivity index (χ2n) is 7.07. The van der Waals surface area contributed by atoms with E-state index in [4.69, 9.17) is 9.47 Å². The fourth-order valence-electron chi connectivity index (χ4n) is 3.05. The van der Waals surface area contributed by atoms with E-state index in [9.17, 15) is 4.79 Å². The molecule has 1 atom stereocenters. The summed E-state index contributed by atoms with van der Waals surface area (Å²) in [6.45, 7) is 3.22. The van der Waals surface area contributed by atoms with Crippen LogP contribution in [0.4, 0.5) is 5.69 Å². The topological polar surface area (TPSA) is 60.5 Å². The maximum atomic E-state index is 12.7. The predicted molar refractivity (Wildman–Crippen MR) is 126 cm³/mol. The van der Waals surface area contributed by atoms with Crippen molar-refractivity contribution in [2.75, 3.05) is 18.5 Å². The summed E-state index contributed by atoms with van der Waals surface area (Å²) in [7, 11) is 0. The molecule has 2 heterocycles. The van der Waals surface area contributed by atoms with Crippen molar-refractivity contribution in [1.82, 2.24) is 4.98 Å². The number of carbonyl (C=O) groups is 1. The van der Waals surface area contributed by atoms with Gasteiger partial charge in [0.15, 0.2) is 11.5 Å². The summed E-state index contributed by atoms with van der Waals surface area (Å²) in [5.74, 6) is 2.27. The van der Waals surface area contributed by atoms with Gasteiger partial charge in [0.2, 0.25) is 5.91 Å². The van der Waals surface area contributed by atoms with Crippen LogP contribution in [0.2, 0.25) is 0 Å². The van der Waals surface area contributed by atoms with E-state index < -0.39 is 0 Å². The summed E-state index contributed by atoms with van der Waals surface area (Å²) in [4.78, 5) is 18.1. The van der Waals surface area contributed by atoms with Gasteiger partial charge in [0.1, 0.15) is 0 Å². The maximum Gasteiger partial charge on any atom is 0.237 e. The molecule has 160 valence electrons. The molecule has 0 radical (unpaired) electrons. The highest BCUT2D eigenvalue weighted by atomic mass is 32.2. The SMILES string of the molecule is C[C@H](Sc1ccc2c(c1)OCCCO2)C(=O)Nc1cccc(CSc2ccccn2)c1. The first kappa shape index (κ1) is 21.6. The molecule has 7 heteroatoms. The van der Waals surface area contributed by atoms with Crippen molar-refractivity contribution in [2.45, 2.75) is 34.3 Å². The Hall–Kier alpha value is -2.64. The number of thioether (sulfide) groups is 2. The van der Waals surface area contributed by atoms with Gasteiger partial charge in [-0.3, -0.25) is 4.79 Å². The average molecular weight is 453 g/mol. The number of nitrogens with one attached hydrogen (secondary N) is 1. The summed E-state index contributed by atoms with van der Waals surface area (Å²) in [5, 5.41) is 3.76. The Labute approximate surface area is 190 Å². The van der Waals surface area contributed by atoms with Crippen LogP contribution >= 0.6 is 23.5 Å². The molecule has 2 aromatic carbocycles. The molecule has 0 aliphatic carbocycles. The van der Waals surface area contributed by atoms with Gasteiger partial charge >= 0.3 is 0 Å². The molecule has 0 unspecified atom stereocenters. The van der Waals surface area contributed by atoms with Gasteiger partial charge in [0.25, 0.3) is 0 Å². The summed E-state index contributed by atoms with van der Waals surface area (Å²) in [6.07, 6.45) is 2.66. The highest BCUT2D eigenvalue weighted by Crippen LogP contribution is 2.35. The molecule has 0 saturated carbocycles. The molecule has 1 N–H and O–H groups in total. The molecule has 3 aromatic rings. The zero-order valence-corrected chi connectivity index (χ0v) is 18.9. The van der Waals surface area contributed by atoms with Crippen LogP contribution in [0.3, 0.4) is 0 Å². The second kappa shape index (κ2) is 10.6. The van der Waals surface area contributed by atoms with E-state index in [0.29, 0.717) is 13.2 Å². The maximum absolute atomic E-state index is 12.7. The van der Waals surface area contributed by atoms with E-state index in [1.54, 1.807) is 18.0 Å². The van der Waals surface area contributed by atoms with E-state index >= 15 is 0 Å². The molecular weight excluding hydrogens is 428 g/mol. The average Bonchev–Trinajstić information content (AvgIpc) is 3.04. The van der Waals surface area contributed by atoms with E-state index in [-0.39, 0.29) is 11.2 Å². The fraction of sp³-hybridized carbons (Fsp3) is 0.250. The van der Waals surface area contributed by atoms with Crippen LogP contribution in [-0.4, -0.2) is 29.4 Å². The minimum atomic E-state index is -0.253. The number of nitrogens with zero attached hydrogens (tertiary/aromatic N) is 1. The largest absolute Gasteiger partial charge is 0.490 e. The summed E-state index contributed by atoms with van der Waals surface area (Å²) >= 11 is 3.17. The number of amides is 1. The lowest BCUT2D eigenvalue weighted by atomic mass is 10.2. The van der Waals surface area contributed by atoms with Crippen LogP contribution in [0.25, 0.3) is 0 Å². The summed E-state index contributed by atoms with van der Waals surface area (Å²) in [6, 6.07) is 19.7. The van der Waals surface area contributed by atoms with Crippen molar-refractivity contribution in [3.05, 3.63) is 72.4 Å². The van der Waals surface area contributed by atoms with Crippen LogP contribution in [0.5, 0.6) is 11.5 Å². The number of rotatable bonds is 7. The summed E-state index contributed by atoms with van der Waals surface area (Å²) < 4.78 is 11.4. The number of carbonyl (C=O) groups excluding carboxylic acids is 1. The molecule has 1 aliphatic rings. The smallest absolute Gasteiger partial charge is 0.237 e. The zero-order chi connectivity index (χ0) is 21.5. The molecule has 0 spiro atoms. The highest BCUT2D eigenvalue weighted by molar-refractivity contribution is 8.00. The van der Waals surface area contributed by atoms with Crippen molar-refractivity contribution in [2.24, 2.45) is 0 Å². The third kappa shape index (κ3) is 6.18. The third-order valence-corrected chi connectivity index (χ3v) is 6.73. The molecule has 31 heavy (non-hydrogen) atoms. The minimum Gasteiger partial charge on any atom is -0.490 e. The van der Waals surface area contributed by atoms with Gasteiger partial charge in [-0.1, -0.05) is 18.2 Å². The highest BCUT2D eigenvalue weighted by Gasteiger charge is 2.17. The van der Waals surface area contributed by atoms with Gasteiger partial charge in [-0.05, 0) is 55.0 Å². The lowest BCUT2D eigenvalue weighted by Crippen LogP contribution is -2.22. The molecule has 4 rings (SSSR count). The van der Waals surface area contributed by atoms with Gasteiger partial charge in [-0.25, -0.2) is 4.98 Å². The summed E-state index contributed by atoms with van der Waals surface area (Å²) in [5.41, 5.74) is 1.94. The molecule has 1 amide bonds. The standard InChI is InChI=1S/C24H24N2O3S2/c1-17(31-20-9-10-21-22(15-20)29-13-5-12-28-21)24(27)26-19-7-4-6-18(14-19)16-30-23-8-2-3-11-25-23/h2-4,6-11,14-15,17H,5,12-13,16H2,1H3,(H,26,27)/t17-/m0/s1. The predicted octanol–water partition coefficient (Wildman–Crippen LogP) is 5.65. The van der Waals surface area contributed by atoms with Gasteiger partial charge in [0.05, 0.1) is 23.5 Å². The first-order chi connectivity index (χ1) is 15.2. The minimum absolute atomic E-state index is 0.0355. The van der Waals surface area contributed by atoms with Crippen LogP contribution in [0, 0.1) is 0 Å². The van der Waals surface area contributed by atoms with Crippen molar-refractivity contribution >= 4 is 35.1 Å². The number of hydrogen-bond donors (Lipinski definition) is 1. The molecule has 0 saturated heterocycles. The van der Waals surface area contributed by atoms with Crippen molar-refractivity contribution in [1.29, 1.82) is 0 Å². The normalized spacial score (nSPS) is 13.8. The van der Waals surface area contributed by atoms with Crippen LogP contribution < -0.4 is 14.8 Å². The lowest BCUT2D eigenvalue weighted by Gasteiger charge is -2.14. The van der Waals surface area contributed by atoms with Crippen LogP contribution in [0.1, 0.15) is 18.9 Å². The van der Waals surface area contributed by atoms with Crippen LogP contribution in [-0.2, 0) is 10.5 Å². The van der Waals surface area contributed by atoms with Crippen LogP contribution in [0.15, 0.2) is 76.8 Å². The Morgan fingerprint density at radius 3 is 2.77 bits per heavy atom. The monoisotopic (exact) mass is 452 g/mol. The Kier molecular flexibility index (Phi) is 7.38. The number of aromatic nitrogens is 1. The van der Waals surface area contributed by atoms with E-state index in [1.165, 1.54) is 11.8 Å². The molecule has 5 nitrogen and oxygen atoms in total.